The Morgan fingerprint density at radius 1 is 1.25 bits per heavy atom. The summed E-state index contributed by atoms with van der Waals surface area (Å²) in [5, 5.41) is 0.769. The molecule has 1 aromatic carbocycles. The van der Waals surface area contributed by atoms with Crippen LogP contribution in [0.3, 0.4) is 0 Å². The van der Waals surface area contributed by atoms with Crippen LogP contribution in [0.2, 0.25) is 5.15 Å². The van der Waals surface area contributed by atoms with Gasteiger partial charge in [0.15, 0.2) is 0 Å². The summed E-state index contributed by atoms with van der Waals surface area (Å²) in [6, 6.07) is 6.44. The third kappa shape index (κ3) is 2.90. The number of fused-ring (bicyclic) bond motifs is 1. The summed E-state index contributed by atoms with van der Waals surface area (Å²) in [4.78, 5) is 16.8. The van der Waals surface area contributed by atoms with E-state index in [9.17, 15) is 13.6 Å². The smallest absolute Gasteiger partial charge is 0.259 e. The van der Waals surface area contributed by atoms with Crippen LogP contribution >= 0.6 is 11.6 Å². The lowest BCUT2D eigenvalue weighted by Crippen LogP contribution is -2.24. The molecule has 0 aliphatic rings. The van der Waals surface area contributed by atoms with Crippen LogP contribution in [0.5, 0.6) is 0 Å². The number of benzene rings is 1. The highest BCUT2D eigenvalue weighted by Crippen LogP contribution is 2.26. The minimum absolute atomic E-state index is 0.0710. The van der Waals surface area contributed by atoms with Crippen LogP contribution in [0.25, 0.3) is 22.0 Å². The fourth-order valence-corrected chi connectivity index (χ4v) is 2.74. The lowest BCUT2D eigenvalue weighted by atomic mass is 10.0. The third-order valence-electron chi connectivity index (χ3n) is 3.70. The van der Waals surface area contributed by atoms with E-state index in [0.29, 0.717) is 10.9 Å². The van der Waals surface area contributed by atoms with Gasteiger partial charge in [-0.05, 0) is 24.3 Å². The minimum Gasteiger partial charge on any atom is -0.383 e. The second kappa shape index (κ2) is 6.67. The summed E-state index contributed by atoms with van der Waals surface area (Å²) in [6.45, 7) is 0.480. The molecule has 7 heteroatoms. The standard InChI is InChI=1S/C17H13ClF2N2O2/c1-24-6-5-22-14-8-15(18)21-9-10(14)7-11(17(22)23)16-12(19)3-2-4-13(16)20/h2-4,7-9H,5-6H2,1H3. The lowest BCUT2D eigenvalue weighted by Gasteiger charge is -2.13. The molecule has 0 saturated carbocycles. The molecule has 24 heavy (non-hydrogen) atoms. The van der Waals surface area contributed by atoms with Gasteiger partial charge in [0.05, 0.1) is 23.3 Å². The van der Waals surface area contributed by atoms with Gasteiger partial charge >= 0.3 is 0 Å². The van der Waals surface area contributed by atoms with Gasteiger partial charge in [-0.3, -0.25) is 4.79 Å². The Balaban J connectivity index is 2.36. The van der Waals surface area contributed by atoms with Crippen molar-refractivity contribution in [1.82, 2.24) is 9.55 Å². The molecule has 0 radical (unpaired) electrons. The Bertz CT molecular complexity index is 952. The Hall–Kier alpha value is -2.31. The Kier molecular flexibility index (Phi) is 4.59. The molecule has 2 heterocycles. The van der Waals surface area contributed by atoms with Crippen molar-refractivity contribution in [3.63, 3.8) is 0 Å². The van der Waals surface area contributed by atoms with Gasteiger partial charge < -0.3 is 9.30 Å². The highest BCUT2D eigenvalue weighted by Gasteiger charge is 2.18. The van der Waals surface area contributed by atoms with E-state index in [2.05, 4.69) is 4.98 Å². The maximum absolute atomic E-state index is 14.1. The van der Waals surface area contributed by atoms with E-state index < -0.39 is 17.2 Å². The van der Waals surface area contributed by atoms with E-state index in [1.807, 2.05) is 0 Å². The maximum atomic E-state index is 14.1. The van der Waals surface area contributed by atoms with Crippen LogP contribution in [0, 0.1) is 11.6 Å². The van der Waals surface area contributed by atoms with Gasteiger partial charge in [0, 0.05) is 25.2 Å². The van der Waals surface area contributed by atoms with Crippen molar-refractivity contribution in [2.75, 3.05) is 13.7 Å². The predicted molar refractivity (Wildman–Crippen MR) is 88.2 cm³/mol. The zero-order valence-electron chi connectivity index (χ0n) is 12.7. The molecule has 0 bridgehead atoms. The average Bonchev–Trinajstić information content (AvgIpc) is 2.55. The van der Waals surface area contributed by atoms with E-state index in [1.54, 1.807) is 0 Å². The van der Waals surface area contributed by atoms with Crippen LogP contribution in [-0.4, -0.2) is 23.3 Å². The first-order valence-electron chi connectivity index (χ1n) is 7.15. The molecule has 2 aromatic heterocycles. The van der Waals surface area contributed by atoms with Crippen LogP contribution < -0.4 is 5.56 Å². The molecule has 0 spiro atoms. The van der Waals surface area contributed by atoms with Crippen molar-refractivity contribution in [2.45, 2.75) is 6.54 Å². The number of hydrogen-bond acceptors (Lipinski definition) is 3. The van der Waals surface area contributed by atoms with Crippen LogP contribution in [-0.2, 0) is 11.3 Å². The predicted octanol–water partition coefficient (Wildman–Crippen LogP) is 3.64. The van der Waals surface area contributed by atoms with Crippen molar-refractivity contribution in [3.05, 3.63) is 63.7 Å². The molecule has 0 atom stereocenters. The van der Waals surface area contributed by atoms with Gasteiger partial charge in [-0.1, -0.05) is 17.7 Å². The number of rotatable bonds is 4. The fraction of sp³-hybridized carbons (Fsp3) is 0.176. The van der Waals surface area contributed by atoms with Crippen LogP contribution in [0.4, 0.5) is 8.78 Å². The van der Waals surface area contributed by atoms with Crippen molar-refractivity contribution >= 4 is 22.5 Å². The van der Waals surface area contributed by atoms with E-state index in [-0.39, 0.29) is 29.4 Å². The molecule has 124 valence electrons. The van der Waals surface area contributed by atoms with Crippen molar-refractivity contribution < 1.29 is 13.5 Å². The number of hydrogen-bond donors (Lipinski definition) is 0. The van der Waals surface area contributed by atoms with Gasteiger partial charge in [0.1, 0.15) is 16.8 Å². The molecule has 0 aliphatic carbocycles. The summed E-state index contributed by atoms with van der Waals surface area (Å²) < 4.78 is 34.6. The highest BCUT2D eigenvalue weighted by molar-refractivity contribution is 6.30. The Morgan fingerprint density at radius 2 is 1.96 bits per heavy atom. The molecule has 4 nitrogen and oxygen atoms in total. The quantitative estimate of drug-likeness (QED) is 0.675. The lowest BCUT2D eigenvalue weighted by molar-refractivity contribution is 0.187. The summed E-state index contributed by atoms with van der Waals surface area (Å²) in [5.41, 5.74) is -0.424. The van der Waals surface area contributed by atoms with Crippen molar-refractivity contribution in [3.8, 4) is 11.1 Å². The molecule has 0 amide bonds. The molecule has 3 rings (SSSR count). The van der Waals surface area contributed by atoms with Gasteiger partial charge in [-0.2, -0.15) is 0 Å². The van der Waals surface area contributed by atoms with Crippen LogP contribution in [0.15, 0.2) is 41.3 Å². The van der Waals surface area contributed by atoms with Gasteiger partial charge in [0.2, 0.25) is 0 Å². The molecular formula is C17H13ClF2N2O2. The number of aromatic nitrogens is 2. The summed E-state index contributed by atoms with van der Waals surface area (Å²) in [7, 11) is 1.50. The number of pyridine rings is 2. The molecular weight excluding hydrogens is 338 g/mol. The summed E-state index contributed by atoms with van der Waals surface area (Å²) >= 11 is 5.91. The molecule has 0 saturated heterocycles. The average molecular weight is 351 g/mol. The molecule has 3 aromatic rings. The van der Waals surface area contributed by atoms with E-state index in [4.69, 9.17) is 16.3 Å². The first-order chi connectivity index (χ1) is 11.5. The topological polar surface area (TPSA) is 44.1 Å². The molecule has 0 unspecified atom stereocenters. The summed E-state index contributed by atoms with van der Waals surface area (Å²) in [5.74, 6) is -1.60. The number of nitrogens with zero attached hydrogens (tertiary/aromatic N) is 2. The maximum Gasteiger partial charge on any atom is 0.259 e. The largest absolute Gasteiger partial charge is 0.383 e. The Labute approximate surface area is 141 Å². The second-order valence-electron chi connectivity index (χ2n) is 5.17. The third-order valence-corrected chi connectivity index (χ3v) is 3.90. The first kappa shape index (κ1) is 16.5. The summed E-state index contributed by atoms with van der Waals surface area (Å²) in [6.07, 6.45) is 1.46. The van der Waals surface area contributed by atoms with Crippen molar-refractivity contribution in [1.29, 1.82) is 0 Å². The number of ether oxygens (including phenoxy) is 1. The van der Waals surface area contributed by atoms with E-state index >= 15 is 0 Å². The first-order valence-corrected chi connectivity index (χ1v) is 7.53. The Morgan fingerprint density at radius 3 is 2.62 bits per heavy atom. The fourth-order valence-electron chi connectivity index (χ4n) is 2.59. The monoisotopic (exact) mass is 350 g/mol. The minimum atomic E-state index is -0.799. The van der Waals surface area contributed by atoms with Gasteiger partial charge in [-0.15, -0.1) is 0 Å². The SMILES string of the molecule is COCCn1c(=O)c(-c2c(F)cccc2F)cc2cnc(Cl)cc21. The van der Waals surface area contributed by atoms with Gasteiger partial charge in [-0.25, -0.2) is 13.8 Å². The van der Waals surface area contributed by atoms with Crippen molar-refractivity contribution in [2.24, 2.45) is 0 Å². The number of halogens is 3. The second-order valence-corrected chi connectivity index (χ2v) is 5.56. The zero-order valence-corrected chi connectivity index (χ0v) is 13.5. The molecule has 0 N–H and O–H groups in total. The van der Waals surface area contributed by atoms with E-state index in [0.717, 1.165) is 12.1 Å². The normalized spacial score (nSPS) is 11.2. The molecule has 0 aliphatic heterocycles. The number of methoxy groups -OCH3 is 1. The van der Waals surface area contributed by atoms with E-state index in [1.165, 1.54) is 36.1 Å². The van der Waals surface area contributed by atoms with Gasteiger partial charge in [0.25, 0.3) is 5.56 Å². The van der Waals surface area contributed by atoms with Crippen LogP contribution in [0.1, 0.15) is 0 Å². The zero-order chi connectivity index (χ0) is 17.3. The highest BCUT2D eigenvalue weighted by atomic mass is 35.5. The molecule has 0 fully saturated rings.